The van der Waals surface area contributed by atoms with Gasteiger partial charge in [0, 0.05) is 18.1 Å². The normalized spacial score (nSPS) is 15.7. The first kappa shape index (κ1) is 19.5. The van der Waals surface area contributed by atoms with Gasteiger partial charge in [-0.25, -0.2) is 4.98 Å². The third kappa shape index (κ3) is 4.71. The molecule has 1 aliphatic rings. The highest BCUT2D eigenvalue weighted by Gasteiger charge is 2.34. The second-order valence-corrected chi connectivity index (χ2v) is 7.16. The zero-order chi connectivity index (χ0) is 19.6. The van der Waals surface area contributed by atoms with E-state index in [0.717, 1.165) is 18.9 Å². The highest BCUT2D eigenvalue weighted by Crippen LogP contribution is 2.37. The summed E-state index contributed by atoms with van der Waals surface area (Å²) in [5.74, 6) is 0.451. The topological polar surface area (TPSA) is 45.2 Å². The number of benzene rings is 1. The molecule has 1 saturated heterocycles. The first-order valence-electron chi connectivity index (χ1n) is 8.63. The number of anilines is 2. The lowest BCUT2D eigenvalue weighted by Crippen LogP contribution is -2.38. The predicted octanol–water partition coefficient (Wildman–Crippen LogP) is 5.37. The molecule has 0 atom stereocenters. The molecule has 2 heterocycles. The van der Waals surface area contributed by atoms with Gasteiger partial charge in [0.15, 0.2) is 0 Å². The van der Waals surface area contributed by atoms with Gasteiger partial charge >= 0.3 is 6.18 Å². The molecule has 1 N–H and O–H groups in total. The van der Waals surface area contributed by atoms with E-state index in [1.165, 1.54) is 24.4 Å². The van der Waals surface area contributed by atoms with Crippen LogP contribution in [0.3, 0.4) is 0 Å². The van der Waals surface area contributed by atoms with E-state index in [1.807, 2.05) is 0 Å². The standard InChI is InChI=1S/C19H19ClF3N3O/c1-12-6-8-26(9-7-12)18(27)17-5-3-14(11-24-17)25-16-4-2-13(20)10-15(16)19(21,22)23/h2-5,10-12,25H,6-9H2,1H3. The number of piperidine rings is 1. The SMILES string of the molecule is CC1CCN(C(=O)c2ccc(Nc3ccc(Cl)cc3C(F)(F)F)cn2)CC1. The number of nitrogens with zero attached hydrogens (tertiary/aromatic N) is 2. The quantitative estimate of drug-likeness (QED) is 0.757. The lowest BCUT2D eigenvalue weighted by Gasteiger charge is -2.30. The van der Waals surface area contributed by atoms with Crippen LogP contribution < -0.4 is 5.32 Å². The van der Waals surface area contributed by atoms with Gasteiger partial charge in [0.2, 0.25) is 0 Å². The molecule has 0 spiro atoms. The fourth-order valence-electron chi connectivity index (χ4n) is 2.98. The third-order valence-electron chi connectivity index (χ3n) is 4.62. The number of amides is 1. The van der Waals surface area contributed by atoms with Crippen molar-refractivity contribution in [3.63, 3.8) is 0 Å². The Labute approximate surface area is 160 Å². The molecule has 8 heteroatoms. The van der Waals surface area contributed by atoms with Gasteiger partial charge in [-0.1, -0.05) is 18.5 Å². The smallest absolute Gasteiger partial charge is 0.354 e. The minimum Gasteiger partial charge on any atom is -0.354 e. The van der Waals surface area contributed by atoms with Crippen molar-refractivity contribution in [1.29, 1.82) is 0 Å². The highest BCUT2D eigenvalue weighted by molar-refractivity contribution is 6.30. The number of carbonyl (C=O) groups is 1. The first-order chi connectivity index (χ1) is 12.7. The molecule has 4 nitrogen and oxygen atoms in total. The van der Waals surface area contributed by atoms with Gasteiger partial charge in [-0.05, 0) is 49.1 Å². The molecule has 0 aliphatic carbocycles. The average Bonchev–Trinajstić information content (AvgIpc) is 2.63. The zero-order valence-corrected chi connectivity index (χ0v) is 15.4. The number of rotatable bonds is 3. The second kappa shape index (κ2) is 7.76. The van der Waals surface area contributed by atoms with Gasteiger partial charge in [-0.3, -0.25) is 4.79 Å². The van der Waals surface area contributed by atoms with Crippen LogP contribution in [0, 0.1) is 5.92 Å². The Hall–Kier alpha value is -2.28. The molecule has 0 saturated carbocycles. The van der Waals surface area contributed by atoms with Crippen LogP contribution >= 0.6 is 11.6 Å². The maximum Gasteiger partial charge on any atom is 0.418 e. The zero-order valence-electron chi connectivity index (χ0n) is 14.7. The second-order valence-electron chi connectivity index (χ2n) is 6.72. The summed E-state index contributed by atoms with van der Waals surface area (Å²) < 4.78 is 39.5. The Morgan fingerprint density at radius 1 is 1.22 bits per heavy atom. The van der Waals surface area contributed by atoms with Crippen molar-refractivity contribution in [3.8, 4) is 0 Å². The molecule has 0 bridgehead atoms. The minimum atomic E-state index is -4.54. The largest absolute Gasteiger partial charge is 0.418 e. The molecular weight excluding hydrogens is 379 g/mol. The molecule has 1 amide bonds. The molecule has 3 rings (SSSR count). The van der Waals surface area contributed by atoms with E-state index in [2.05, 4.69) is 17.2 Å². The van der Waals surface area contributed by atoms with E-state index in [0.29, 0.717) is 24.7 Å². The van der Waals surface area contributed by atoms with Crippen LogP contribution in [-0.2, 0) is 6.18 Å². The van der Waals surface area contributed by atoms with Gasteiger partial charge in [0.25, 0.3) is 5.91 Å². The van der Waals surface area contributed by atoms with Crippen LogP contribution in [0.2, 0.25) is 5.02 Å². The van der Waals surface area contributed by atoms with E-state index in [9.17, 15) is 18.0 Å². The average molecular weight is 398 g/mol. The summed E-state index contributed by atoms with van der Waals surface area (Å²) in [6, 6.07) is 6.57. The van der Waals surface area contributed by atoms with Crippen molar-refractivity contribution in [2.75, 3.05) is 18.4 Å². The van der Waals surface area contributed by atoms with Crippen molar-refractivity contribution in [2.24, 2.45) is 5.92 Å². The summed E-state index contributed by atoms with van der Waals surface area (Å²) >= 11 is 5.68. The fraction of sp³-hybridized carbons (Fsp3) is 0.368. The molecule has 0 radical (unpaired) electrons. The lowest BCUT2D eigenvalue weighted by atomic mass is 9.99. The number of aromatic nitrogens is 1. The number of pyridine rings is 1. The number of likely N-dealkylation sites (tertiary alicyclic amines) is 1. The molecule has 1 fully saturated rings. The number of carbonyl (C=O) groups excluding carboxylic acids is 1. The number of hydrogen-bond acceptors (Lipinski definition) is 3. The van der Waals surface area contributed by atoms with E-state index in [1.54, 1.807) is 11.0 Å². The third-order valence-corrected chi connectivity index (χ3v) is 4.85. The van der Waals surface area contributed by atoms with Crippen molar-refractivity contribution in [3.05, 3.63) is 52.8 Å². The van der Waals surface area contributed by atoms with Gasteiger partial charge < -0.3 is 10.2 Å². The summed E-state index contributed by atoms with van der Waals surface area (Å²) in [5.41, 5.74) is -0.357. The Morgan fingerprint density at radius 3 is 2.52 bits per heavy atom. The molecule has 144 valence electrons. The number of hydrogen-bond donors (Lipinski definition) is 1. The first-order valence-corrected chi connectivity index (χ1v) is 9.01. The van der Waals surface area contributed by atoms with E-state index in [-0.39, 0.29) is 22.3 Å². The molecule has 1 aliphatic heterocycles. The molecule has 1 aromatic heterocycles. The van der Waals surface area contributed by atoms with E-state index >= 15 is 0 Å². The van der Waals surface area contributed by atoms with Gasteiger partial charge in [-0.15, -0.1) is 0 Å². The van der Waals surface area contributed by atoms with Crippen LogP contribution in [0.5, 0.6) is 0 Å². The molecule has 27 heavy (non-hydrogen) atoms. The number of halogens is 4. The Bertz CT molecular complexity index is 816. The van der Waals surface area contributed by atoms with Crippen molar-refractivity contribution < 1.29 is 18.0 Å². The van der Waals surface area contributed by atoms with Crippen LogP contribution in [0.1, 0.15) is 35.8 Å². The maximum absolute atomic E-state index is 13.2. The van der Waals surface area contributed by atoms with Crippen LogP contribution in [0.25, 0.3) is 0 Å². The summed E-state index contributed by atoms with van der Waals surface area (Å²) in [6.45, 7) is 3.55. The van der Waals surface area contributed by atoms with Crippen LogP contribution in [0.4, 0.5) is 24.5 Å². The maximum atomic E-state index is 13.2. The predicted molar refractivity (Wildman–Crippen MR) is 98.3 cm³/mol. The van der Waals surface area contributed by atoms with Crippen molar-refractivity contribution in [1.82, 2.24) is 9.88 Å². The molecule has 2 aromatic rings. The Balaban J connectivity index is 1.74. The van der Waals surface area contributed by atoms with E-state index in [4.69, 9.17) is 11.6 Å². The summed E-state index contributed by atoms with van der Waals surface area (Å²) in [6.07, 6.45) is -1.26. The van der Waals surface area contributed by atoms with Gasteiger partial charge in [0.1, 0.15) is 5.69 Å². The fourth-order valence-corrected chi connectivity index (χ4v) is 3.16. The van der Waals surface area contributed by atoms with E-state index < -0.39 is 11.7 Å². The lowest BCUT2D eigenvalue weighted by molar-refractivity contribution is -0.136. The summed E-state index contributed by atoms with van der Waals surface area (Å²) in [5, 5.41) is 2.69. The van der Waals surface area contributed by atoms with Crippen LogP contribution in [-0.4, -0.2) is 28.9 Å². The summed E-state index contributed by atoms with van der Waals surface area (Å²) in [4.78, 5) is 18.4. The van der Waals surface area contributed by atoms with Crippen molar-refractivity contribution >= 4 is 28.9 Å². The van der Waals surface area contributed by atoms with Gasteiger partial charge in [0.05, 0.1) is 23.1 Å². The number of alkyl halides is 3. The number of nitrogens with one attached hydrogen (secondary N) is 1. The Morgan fingerprint density at radius 2 is 1.93 bits per heavy atom. The highest BCUT2D eigenvalue weighted by atomic mass is 35.5. The van der Waals surface area contributed by atoms with Crippen molar-refractivity contribution in [2.45, 2.75) is 25.9 Å². The van der Waals surface area contributed by atoms with Crippen LogP contribution in [0.15, 0.2) is 36.5 Å². The monoisotopic (exact) mass is 397 g/mol. The Kier molecular flexibility index (Phi) is 5.60. The van der Waals surface area contributed by atoms with Gasteiger partial charge in [-0.2, -0.15) is 13.2 Å². The molecular formula is C19H19ClF3N3O. The summed E-state index contributed by atoms with van der Waals surface area (Å²) in [7, 11) is 0. The minimum absolute atomic E-state index is 0.00259. The molecule has 1 aromatic carbocycles. The molecule has 0 unspecified atom stereocenters.